The van der Waals surface area contributed by atoms with Crippen molar-refractivity contribution in [3.8, 4) is 0 Å². The maximum atomic E-state index is 13.0. The number of likely N-dealkylation sites (tertiary alicyclic amines) is 2. The average Bonchev–Trinajstić information content (AvgIpc) is 3.10. The van der Waals surface area contributed by atoms with Gasteiger partial charge in [-0.05, 0) is 66.0 Å². The molecule has 1 aromatic rings. The maximum absolute atomic E-state index is 13.0. The predicted molar refractivity (Wildman–Crippen MR) is 102 cm³/mol. The molecule has 2 fully saturated rings. The predicted octanol–water partition coefficient (Wildman–Crippen LogP) is 3.38. The number of benzene rings is 1. The van der Waals surface area contributed by atoms with Gasteiger partial charge in [-0.2, -0.15) is 0 Å². The molecule has 2 heterocycles. The Morgan fingerprint density at radius 3 is 2.50 bits per heavy atom. The van der Waals surface area contributed by atoms with Gasteiger partial charge >= 0.3 is 0 Å². The third-order valence-electron chi connectivity index (χ3n) is 5.13. The number of piperidine rings is 1. The van der Waals surface area contributed by atoms with Crippen molar-refractivity contribution in [2.75, 3.05) is 19.6 Å². The summed E-state index contributed by atoms with van der Waals surface area (Å²) in [4.78, 5) is 28.6. The summed E-state index contributed by atoms with van der Waals surface area (Å²) in [7, 11) is 0. The van der Waals surface area contributed by atoms with Crippen molar-refractivity contribution in [1.29, 1.82) is 0 Å². The van der Waals surface area contributed by atoms with Crippen LogP contribution in [0.1, 0.15) is 37.3 Å². The third-order valence-corrected chi connectivity index (χ3v) is 6.11. The van der Waals surface area contributed by atoms with E-state index >= 15 is 0 Å². The van der Waals surface area contributed by atoms with Gasteiger partial charge in [0.2, 0.25) is 11.8 Å². The fourth-order valence-electron chi connectivity index (χ4n) is 3.81. The highest BCUT2D eigenvalue weighted by atomic mass is 127. The molecule has 0 saturated carbocycles. The molecule has 1 aromatic carbocycles. The summed E-state index contributed by atoms with van der Waals surface area (Å²) >= 11 is 2.36. The first-order chi connectivity index (χ1) is 11.6. The molecular weight excluding hydrogens is 415 g/mol. The van der Waals surface area contributed by atoms with Gasteiger partial charge in [-0.15, -0.1) is 0 Å². The Balaban J connectivity index is 1.68. The van der Waals surface area contributed by atoms with Crippen LogP contribution in [0.5, 0.6) is 0 Å². The van der Waals surface area contributed by atoms with E-state index in [1.807, 2.05) is 6.07 Å². The number of carbonyl (C=O) groups is 2. The zero-order valence-electron chi connectivity index (χ0n) is 13.8. The van der Waals surface area contributed by atoms with E-state index in [4.69, 9.17) is 0 Å². The summed E-state index contributed by atoms with van der Waals surface area (Å²) in [6.07, 6.45) is 4.98. The van der Waals surface area contributed by atoms with E-state index in [0.29, 0.717) is 13.1 Å². The number of hydrogen-bond acceptors (Lipinski definition) is 2. The van der Waals surface area contributed by atoms with Crippen LogP contribution in [0.4, 0.5) is 0 Å². The summed E-state index contributed by atoms with van der Waals surface area (Å²) < 4.78 is 1.23. The van der Waals surface area contributed by atoms with Crippen molar-refractivity contribution in [2.45, 2.75) is 31.7 Å². The zero-order chi connectivity index (χ0) is 17.1. The largest absolute Gasteiger partial charge is 0.339 e. The van der Waals surface area contributed by atoms with Crippen molar-refractivity contribution in [2.24, 2.45) is 5.92 Å². The molecule has 2 amide bonds. The highest BCUT2D eigenvalue weighted by Gasteiger charge is 2.36. The van der Waals surface area contributed by atoms with Gasteiger partial charge in [-0.1, -0.05) is 24.8 Å². The number of halogens is 1. The first kappa shape index (κ1) is 17.5. The minimum Gasteiger partial charge on any atom is -0.339 e. The second kappa shape index (κ2) is 7.68. The highest BCUT2D eigenvalue weighted by Crippen LogP contribution is 2.36. The van der Waals surface area contributed by atoms with Crippen molar-refractivity contribution < 1.29 is 9.59 Å². The van der Waals surface area contributed by atoms with Crippen LogP contribution in [0.2, 0.25) is 0 Å². The molecule has 0 aromatic heterocycles. The summed E-state index contributed by atoms with van der Waals surface area (Å²) in [6, 6.07) is 8.55. The number of rotatable bonds is 3. The molecule has 2 saturated heterocycles. The Kier molecular flexibility index (Phi) is 5.58. The van der Waals surface area contributed by atoms with E-state index in [9.17, 15) is 9.59 Å². The average molecular weight is 438 g/mol. The van der Waals surface area contributed by atoms with Crippen LogP contribution in [0.3, 0.4) is 0 Å². The topological polar surface area (TPSA) is 40.6 Å². The first-order valence-electron chi connectivity index (χ1n) is 8.58. The number of carbonyl (C=O) groups excluding carboxylic acids is 2. The molecule has 0 N–H and O–H groups in total. The van der Waals surface area contributed by atoms with Crippen molar-refractivity contribution in [3.63, 3.8) is 0 Å². The summed E-state index contributed by atoms with van der Waals surface area (Å²) in [5.74, 6) is 0.280. The van der Waals surface area contributed by atoms with E-state index in [1.165, 1.54) is 15.2 Å². The molecule has 4 nitrogen and oxygen atoms in total. The van der Waals surface area contributed by atoms with Crippen molar-refractivity contribution >= 4 is 34.4 Å². The van der Waals surface area contributed by atoms with Crippen LogP contribution >= 0.6 is 22.6 Å². The van der Waals surface area contributed by atoms with Crippen LogP contribution in [-0.2, 0) is 9.59 Å². The molecule has 0 spiro atoms. The molecule has 3 rings (SSSR count). The van der Waals surface area contributed by atoms with Gasteiger partial charge in [0.15, 0.2) is 0 Å². The molecule has 0 radical (unpaired) electrons. The SMILES string of the molecule is C=CC(=O)N1CCC(C(=O)N2CCCC2c2ccccc2I)CC1. The Labute approximate surface area is 157 Å². The van der Waals surface area contributed by atoms with Crippen LogP contribution in [0, 0.1) is 9.49 Å². The van der Waals surface area contributed by atoms with Crippen LogP contribution < -0.4 is 0 Å². The molecule has 1 atom stereocenters. The van der Waals surface area contributed by atoms with Gasteiger partial charge in [0.05, 0.1) is 6.04 Å². The third kappa shape index (κ3) is 3.50. The Morgan fingerprint density at radius 1 is 1.12 bits per heavy atom. The molecule has 0 bridgehead atoms. The minimum atomic E-state index is -0.0289. The fourth-order valence-corrected chi connectivity index (χ4v) is 4.56. The first-order valence-corrected chi connectivity index (χ1v) is 9.66. The van der Waals surface area contributed by atoms with Gasteiger partial charge in [0.25, 0.3) is 0 Å². The van der Waals surface area contributed by atoms with Crippen molar-refractivity contribution in [3.05, 3.63) is 46.1 Å². The lowest BCUT2D eigenvalue weighted by atomic mass is 9.94. The Morgan fingerprint density at radius 2 is 1.83 bits per heavy atom. The van der Waals surface area contributed by atoms with Crippen LogP contribution in [0.15, 0.2) is 36.9 Å². The maximum Gasteiger partial charge on any atom is 0.245 e. The summed E-state index contributed by atoms with van der Waals surface area (Å²) in [5.41, 5.74) is 1.27. The molecule has 0 aliphatic carbocycles. The van der Waals surface area contributed by atoms with E-state index in [2.05, 4.69) is 52.3 Å². The molecular formula is C19H23IN2O2. The summed E-state index contributed by atoms with van der Waals surface area (Å²) in [6.45, 7) is 5.70. The van der Waals surface area contributed by atoms with Gasteiger partial charge in [-0.25, -0.2) is 0 Å². The molecule has 5 heteroatoms. The van der Waals surface area contributed by atoms with E-state index in [1.54, 1.807) is 4.90 Å². The van der Waals surface area contributed by atoms with E-state index in [0.717, 1.165) is 32.2 Å². The van der Waals surface area contributed by atoms with Gasteiger partial charge in [0.1, 0.15) is 0 Å². The molecule has 1 unspecified atom stereocenters. The number of hydrogen-bond donors (Lipinski definition) is 0. The summed E-state index contributed by atoms with van der Waals surface area (Å²) in [5, 5.41) is 0. The minimum absolute atomic E-state index is 0.0289. The lowest BCUT2D eigenvalue weighted by Crippen LogP contribution is -2.43. The lowest BCUT2D eigenvalue weighted by Gasteiger charge is -2.35. The van der Waals surface area contributed by atoms with Gasteiger partial charge in [0, 0.05) is 29.1 Å². The Hall–Kier alpha value is -1.37. The Bertz CT molecular complexity index is 638. The number of amides is 2. The van der Waals surface area contributed by atoms with E-state index < -0.39 is 0 Å². The number of nitrogens with zero attached hydrogens (tertiary/aromatic N) is 2. The highest BCUT2D eigenvalue weighted by molar-refractivity contribution is 14.1. The zero-order valence-corrected chi connectivity index (χ0v) is 15.9. The molecule has 128 valence electrons. The van der Waals surface area contributed by atoms with Crippen LogP contribution in [-0.4, -0.2) is 41.2 Å². The lowest BCUT2D eigenvalue weighted by molar-refractivity contribution is -0.140. The monoisotopic (exact) mass is 438 g/mol. The van der Waals surface area contributed by atoms with Gasteiger partial charge in [-0.3, -0.25) is 9.59 Å². The standard InChI is InChI=1S/C19H23IN2O2/c1-2-18(23)21-12-9-14(10-13-21)19(24)22-11-5-8-17(22)15-6-3-4-7-16(15)20/h2-4,6-7,14,17H,1,5,8-13H2. The normalized spacial score (nSPS) is 21.8. The van der Waals surface area contributed by atoms with Crippen LogP contribution in [0.25, 0.3) is 0 Å². The van der Waals surface area contributed by atoms with Gasteiger partial charge < -0.3 is 9.80 Å². The molecule has 24 heavy (non-hydrogen) atoms. The van der Waals surface area contributed by atoms with E-state index in [-0.39, 0.29) is 23.8 Å². The second-order valence-corrected chi connectivity index (χ2v) is 7.68. The van der Waals surface area contributed by atoms with Crippen molar-refractivity contribution in [1.82, 2.24) is 9.80 Å². The fraction of sp³-hybridized carbons (Fsp3) is 0.474. The smallest absolute Gasteiger partial charge is 0.245 e. The second-order valence-electron chi connectivity index (χ2n) is 6.51. The molecule has 2 aliphatic heterocycles. The quantitative estimate of drug-likeness (QED) is 0.537. The molecule has 2 aliphatic rings.